The van der Waals surface area contributed by atoms with Crippen LogP contribution >= 0.6 is 34.8 Å². The lowest BCUT2D eigenvalue weighted by molar-refractivity contribution is -0.147. The standard InChI is InChI=1S/C26H38IN3O4S/c1-2-3-4-5-6-7-8-9-10-11-17-34-23(31)19-22-25(33)28-15-16-30(22)26(35)29-24(32)20-13-12-14-21(27)18-20/h12-14,18,22H,2-11,15-17,19H2,1H3,(H,28,33)(H,29,32,35). The molecular weight excluding hydrogens is 577 g/mol. The number of piperazine rings is 1. The number of amides is 2. The molecule has 0 radical (unpaired) electrons. The summed E-state index contributed by atoms with van der Waals surface area (Å²) in [7, 11) is 0. The molecule has 0 saturated carbocycles. The maximum atomic E-state index is 12.6. The largest absolute Gasteiger partial charge is 0.466 e. The van der Waals surface area contributed by atoms with Crippen LogP contribution in [0, 0.1) is 3.57 Å². The average Bonchev–Trinajstić information content (AvgIpc) is 2.83. The first-order valence-corrected chi connectivity index (χ1v) is 14.2. The Kier molecular flexibility index (Phi) is 14.2. The molecule has 1 aromatic carbocycles. The van der Waals surface area contributed by atoms with E-state index in [0.29, 0.717) is 25.3 Å². The molecule has 0 spiro atoms. The summed E-state index contributed by atoms with van der Waals surface area (Å²) in [5.41, 5.74) is 0.480. The van der Waals surface area contributed by atoms with Gasteiger partial charge in [-0.1, -0.05) is 70.8 Å². The summed E-state index contributed by atoms with van der Waals surface area (Å²) in [6, 6.07) is 6.34. The monoisotopic (exact) mass is 615 g/mol. The van der Waals surface area contributed by atoms with E-state index in [1.165, 1.54) is 44.9 Å². The third kappa shape index (κ3) is 11.2. The van der Waals surface area contributed by atoms with E-state index in [4.69, 9.17) is 17.0 Å². The second-order valence-electron chi connectivity index (χ2n) is 8.88. The van der Waals surface area contributed by atoms with Crippen LogP contribution in [0.5, 0.6) is 0 Å². The van der Waals surface area contributed by atoms with E-state index < -0.39 is 12.0 Å². The Morgan fingerprint density at radius 1 is 1.11 bits per heavy atom. The van der Waals surface area contributed by atoms with Crippen molar-refractivity contribution in [2.45, 2.75) is 83.6 Å². The van der Waals surface area contributed by atoms with Gasteiger partial charge in [0.15, 0.2) is 5.11 Å². The zero-order valence-electron chi connectivity index (χ0n) is 20.7. The summed E-state index contributed by atoms with van der Waals surface area (Å²) in [6.45, 7) is 3.39. The summed E-state index contributed by atoms with van der Waals surface area (Å²) in [5.74, 6) is -1.07. The fourth-order valence-corrected chi connectivity index (χ4v) is 4.88. The number of carbonyl (C=O) groups excluding carboxylic acids is 3. The van der Waals surface area contributed by atoms with Crippen molar-refractivity contribution in [1.82, 2.24) is 15.5 Å². The van der Waals surface area contributed by atoms with Gasteiger partial charge in [0, 0.05) is 22.2 Å². The third-order valence-corrected chi connectivity index (χ3v) is 7.03. The van der Waals surface area contributed by atoms with Crippen LogP contribution in [0.25, 0.3) is 0 Å². The molecule has 1 aromatic rings. The SMILES string of the molecule is CCCCCCCCCCCCOC(=O)CC1C(=O)NCCN1C(=S)NC(=O)c1cccc(I)c1. The van der Waals surface area contributed by atoms with Crippen molar-refractivity contribution in [3.8, 4) is 0 Å². The molecule has 2 N–H and O–H groups in total. The van der Waals surface area contributed by atoms with E-state index in [1.807, 2.05) is 6.07 Å². The number of benzene rings is 1. The Hall–Kier alpha value is -1.75. The van der Waals surface area contributed by atoms with E-state index in [-0.39, 0.29) is 23.3 Å². The highest BCUT2D eigenvalue weighted by atomic mass is 127. The van der Waals surface area contributed by atoms with Gasteiger partial charge in [-0.05, 0) is 59.4 Å². The van der Waals surface area contributed by atoms with Crippen molar-refractivity contribution in [1.29, 1.82) is 0 Å². The Morgan fingerprint density at radius 3 is 2.43 bits per heavy atom. The van der Waals surface area contributed by atoms with Crippen molar-refractivity contribution in [3.05, 3.63) is 33.4 Å². The molecule has 7 nitrogen and oxygen atoms in total. The number of carbonyl (C=O) groups is 3. The Labute approximate surface area is 228 Å². The highest BCUT2D eigenvalue weighted by molar-refractivity contribution is 14.1. The lowest BCUT2D eigenvalue weighted by atomic mass is 10.1. The van der Waals surface area contributed by atoms with Gasteiger partial charge in [0.2, 0.25) is 5.91 Å². The molecular formula is C26H38IN3O4S. The van der Waals surface area contributed by atoms with Gasteiger partial charge in [-0.3, -0.25) is 19.7 Å². The lowest BCUT2D eigenvalue weighted by Crippen LogP contribution is -2.60. The first-order valence-electron chi connectivity index (χ1n) is 12.7. The van der Waals surface area contributed by atoms with Gasteiger partial charge in [-0.15, -0.1) is 0 Å². The molecule has 2 amide bonds. The van der Waals surface area contributed by atoms with Crippen LogP contribution in [0.15, 0.2) is 24.3 Å². The van der Waals surface area contributed by atoms with E-state index in [0.717, 1.165) is 22.8 Å². The molecule has 1 aliphatic heterocycles. The molecule has 1 heterocycles. The van der Waals surface area contributed by atoms with Crippen LogP contribution in [-0.2, 0) is 14.3 Å². The van der Waals surface area contributed by atoms with Crippen LogP contribution in [0.4, 0.5) is 0 Å². The maximum Gasteiger partial charge on any atom is 0.308 e. The van der Waals surface area contributed by atoms with Gasteiger partial charge < -0.3 is 15.0 Å². The van der Waals surface area contributed by atoms with Crippen molar-refractivity contribution in [2.75, 3.05) is 19.7 Å². The summed E-state index contributed by atoms with van der Waals surface area (Å²) >= 11 is 7.55. The van der Waals surface area contributed by atoms with Gasteiger partial charge in [-0.2, -0.15) is 0 Å². The summed E-state index contributed by atoms with van der Waals surface area (Å²) in [5, 5.41) is 5.59. The van der Waals surface area contributed by atoms with E-state index in [2.05, 4.69) is 40.1 Å². The van der Waals surface area contributed by atoms with Crippen LogP contribution in [0.2, 0.25) is 0 Å². The second-order valence-corrected chi connectivity index (χ2v) is 10.5. The number of hydrogen-bond acceptors (Lipinski definition) is 5. The smallest absolute Gasteiger partial charge is 0.308 e. The summed E-state index contributed by atoms with van der Waals surface area (Å²) < 4.78 is 6.31. The minimum absolute atomic E-state index is 0.108. The van der Waals surface area contributed by atoms with Gasteiger partial charge in [-0.25, -0.2) is 0 Å². The Balaban J connectivity index is 1.70. The highest BCUT2D eigenvalue weighted by Gasteiger charge is 2.34. The Bertz CT molecular complexity index is 852. The molecule has 1 aliphatic rings. The van der Waals surface area contributed by atoms with Crippen molar-refractivity contribution >= 4 is 57.7 Å². The first kappa shape index (κ1) is 29.5. The molecule has 0 aliphatic carbocycles. The number of esters is 1. The predicted molar refractivity (Wildman–Crippen MR) is 150 cm³/mol. The van der Waals surface area contributed by atoms with Crippen molar-refractivity contribution < 1.29 is 19.1 Å². The van der Waals surface area contributed by atoms with Gasteiger partial charge in [0.05, 0.1) is 13.0 Å². The molecule has 194 valence electrons. The zero-order chi connectivity index (χ0) is 25.5. The minimum atomic E-state index is -0.798. The van der Waals surface area contributed by atoms with Crippen LogP contribution < -0.4 is 10.6 Å². The fourth-order valence-electron chi connectivity index (χ4n) is 4.02. The van der Waals surface area contributed by atoms with Crippen LogP contribution in [0.3, 0.4) is 0 Å². The molecule has 35 heavy (non-hydrogen) atoms. The van der Waals surface area contributed by atoms with Crippen molar-refractivity contribution in [3.63, 3.8) is 0 Å². The molecule has 9 heteroatoms. The minimum Gasteiger partial charge on any atom is -0.466 e. The molecule has 1 saturated heterocycles. The highest BCUT2D eigenvalue weighted by Crippen LogP contribution is 2.14. The van der Waals surface area contributed by atoms with E-state index in [9.17, 15) is 14.4 Å². The van der Waals surface area contributed by atoms with Crippen LogP contribution in [-0.4, -0.2) is 53.5 Å². The maximum absolute atomic E-state index is 12.6. The molecule has 0 aromatic heterocycles. The summed E-state index contributed by atoms with van der Waals surface area (Å²) in [4.78, 5) is 39.0. The number of hydrogen-bond donors (Lipinski definition) is 2. The second kappa shape index (κ2) is 16.8. The molecule has 1 atom stereocenters. The number of ether oxygens (including phenoxy) is 1. The normalized spacial score (nSPS) is 15.4. The fraction of sp³-hybridized carbons (Fsp3) is 0.615. The molecule has 1 fully saturated rings. The lowest BCUT2D eigenvalue weighted by Gasteiger charge is -2.36. The first-order chi connectivity index (χ1) is 16.9. The number of unbranched alkanes of at least 4 members (excludes halogenated alkanes) is 9. The number of thiocarbonyl (C=S) groups is 1. The molecule has 2 rings (SSSR count). The van der Waals surface area contributed by atoms with Crippen molar-refractivity contribution in [2.24, 2.45) is 0 Å². The van der Waals surface area contributed by atoms with E-state index in [1.54, 1.807) is 23.1 Å². The number of nitrogens with one attached hydrogen (secondary N) is 2. The van der Waals surface area contributed by atoms with E-state index >= 15 is 0 Å². The third-order valence-electron chi connectivity index (χ3n) is 6.02. The van der Waals surface area contributed by atoms with Gasteiger partial charge in [0.1, 0.15) is 6.04 Å². The number of nitrogens with zero attached hydrogens (tertiary/aromatic N) is 1. The zero-order valence-corrected chi connectivity index (χ0v) is 23.6. The average molecular weight is 616 g/mol. The number of halogens is 1. The van der Waals surface area contributed by atoms with Crippen LogP contribution in [0.1, 0.15) is 87.9 Å². The molecule has 1 unspecified atom stereocenters. The Morgan fingerprint density at radius 2 is 1.77 bits per heavy atom. The summed E-state index contributed by atoms with van der Waals surface area (Å²) in [6.07, 6.45) is 12.0. The molecule has 0 bridgehead atoms. The van der Waals surface area contributed by atoms with Gasteiger partial charge in [0.25, 0.3) is 5.91 Å². The number of rotatable bonds is 14. The topological polar surface area (TPSA) is 87.7 Å². The van der Waals surface area contributed by atoms with Gasteiger partial charge >= 0.3 is 5.97 Å². The quantitative estimate of drug-likeness (QED) is 0.133. The predicted octanol–water partition coefficient (Wildman–Crippen LogP) is 4.96.